The van der Waals surface area contributed by atoms with Crippen molar-refractivity contribution in [2.45, 2.75) is 23.7 Å². The van der Waals surface area contributed by atoms with Crippen molar-refractivity contribution in [1.82, 2.24) is 19.6 Å². The fourth-order valence-corrected chi connectivity index (χ4v) is 5.22. The van der Waals surface area contributed by atoms with Crippen molar-refractivity contribution in [2.75, 3.05) is 0 Å². The van der Waals surface area contributed by atoms with Crippen LogP contribution in [0.1, 0.15) is 29.2 Å². The highest BCUT2D eigenvalue weighted by atomic mass is 35.5. The molecule has 0 saturated carbocycles. The number of aryl methyl sites for hydroxylation is 1. The third-order valence-electron chi connectivity index (χ3n) is 4.01. The average Bonchev–Trinajstić information content (AvgIpc) is 3.28. The van der Waals surface area contributed by atoms with Gasteiger partial charge in [0.2, 0.25) is 5.91 Å². The lowest BCUT2D eigenvalue weighted by atomic mass is 10.1. The van der Waals surface area contributed by atoms with Gasteiger partial charge in [-0.25, -0.2) is 13.4 Å². The minimum Gasteiger partial charge on any atom is -0.351 e. The van der Waals surface area contributed by atoms with Crippen molar-refractivity contribution in [3.8, 4) is 0 Å². The molecule has 3 aromatic rings. The Balaban J connectivity index is 1.90. The van der Waals surface area contributed by atoms with Crippen LogP contribution in [0.2, 0.25) is 5.02 Å². The minimum absolute atomic E-state index is 0.168. The number of halogens is 1. The second-order valence-corrected chi connectivity index (χ2v) is 9.68. The number of thiophene rings is 1. The predicted octanol–water partition coefficient (Wildman–Crippen LogP) is 2.84. The molecule has 1 aromatic carbocycles. The van der Waals surface area contributed by atoms with Crippen LogP contribution in [0, 0.1) is 0 Å². The van der Waals surface area contributed by atoms with Gasteiger partial charge in [-0.1, -0.05) is 23.7 Å². The topological polar surface area (TPSA) is 93.1 Å². The number of sulfonamides is 1. The van der Waals surface area contributed by atoms with Crippen LogP contribution in [0.25, 0.3) is 0 Å². The van der Waals surface area contributed by atoms with E-state index >= 15 is 0 Å². The maximum absolute atomic E-state index is 13.0. The summed E-state index contributed by atoms with van der Waals surface area (Å²) in [5.74, 6) is 0.384. The van der Waals surface area contributed by atoms with Gasteiger partial charge >= 0.3 is 0 Å². The highest BCUT2D eigenvalue weighted by Crippen LogP contribution is 2.27. The van der Waals surface area contributed by atoms with Crippen LogP contribution >= 0.6 is 22.9 Å². The Morgan fingerprint density at radius 2 is 1.96 bits per heavy atom. The van der Waals surface area contributed by atoms with Crippen LogP contribution in [0.5, 0.6) is 0 Å². The number of carbonyl (C=O) groups excluding carboxylic acids is 1. The summed E-state index contributed by atoms with van der Waals surface area (Å²) in [5, 5.41) is 3.22. The van der Waals surface area contributed by atoms with Crippen LogP contribution in [-0.4, -0.2) is 23.9 Å². The summed E-state index contributed by atoms with van der Waals surface area (Å²) in [5.41, 5.74) is 0.720. The number of hydrogen-bond donors (Lipinski definition) is 2. The molecule has 3 rings (SSSR count). The van der Waals surface area contributed by atoms with Crippen molar-refractivity contribution < 1.29 is 13.2 Å². The first kappa shape index (κ1) is 20.5. The number of carbonyl (C=O) groups is 1. The molecule has 7 nitrogen and oxygen atoms in total. The molecular formula is C18H19ClN4O3S2. The summed E-state index contributed by atoms with van der Waals surface area (Å²) < 4.78 is 30.6. The average molecular weight is 439 g/mol. The van der Waals surface area contributed by atoms with Crippen LogP contribution in [0.15, 0.2) is 53.0 Å². The van der Waals surface area contributed by atoms with E-state index in [0.29, 0.717) is 10.8 Å². The van der Waals surface area contributed by atoms with Crippen molar-refractivity contribution in [3.63, 3.8) is 0 Å². The molecule has 1 amide bonds. The monoisotopic (exact) mass is 438 g/mol. The van der Waals surface area contributed by atoms with Gasteiger partial charge in [-0.3, -0.25) is 4.79 Å². The van der Waals surface area contributed by atoms with E-state index in [1.165, 1.54) is 13.0 Å². The van der Waals surface area contributed by atoms with Crippen molar-refractivity contribution >= 4 is 38.9 Å². The number of nitrogens with zero attached hydrogens (tertiary/aromatic N) is 2. The summed E-state index contributed by atoms with van der Waals surface area (Å²) in [7, 11) is -2.01. The van der Waals surface area contributed by atoms with Gasteiger partial charge in [0.15, 0.2) is 0 Å². The normalized spacial score (nSPS) is 12.7. The summed E-state index contributed by atoms with van der Waals surface area (Å²) in [6, 6.07) is 9.48. The number of amides is 1. The zero-order valence-electron chi connectivity index (χ0n) is 15.2. The molecule has 1 atom stereocenters. The number of rotatable bonds is 7. The third kappa shape index (κ3) is 4.79. The molecule has 0 aliphatic rings. The fourth-order valence-electron chi connectivity index (χ4n) is 2.60. The first-order chi connectivity index (χ1) is 13.3. The Bertz CT molecular complexity index is 1070. The van der Waals surface area contributed by atoms with E-state index in [4.69, 9.17) is 11.6 Å². The van der Waals surface area contributed by atoms with Crippen LogP contribution in [0.3, 0.4) is 0 Å². The summed E-state index contributed by atoms with van der Waals surface area (Å²) in [6.45, 7) is 1.70. The molecule has 2 N–H and O–H groups in total. The van der Waals surface area contributed by atoms with E-state index in [1.54, 1.807) is 54.3 Å². The van der Waals surface area contributed by atoms with Gasteiger partial charge in [-0.05, 0) is 29.8 Å². The second kappa shape index (κ2) is 8.44. The largest absolute Gasteiger partial charge is 0.351 e. The summed E-state index contributed by atoms with van der Waals surface area (Å²) >= 11 is 7.08. The van der Waals surface area contributed by atoms with Crippen molar-refractivity contribution in [3.05, 3.63) is 70.1 Å². The zero-order chi connectivity index (χ0) is 20.3. The molecule has 0 aliphatic heterocycles. The van der Waals surface area contributed by atoms with Gasteiger partial charge in [-0.2, -0.15) is 4.72 Å². The summed E-state index contributed by atoms with van der Waals surface area (Å²) in [6.07, 6.45) is 3.37. The highest BCUT2D eigenvalue weighted by molar-refractivity contribution is 7.91. The Labute approximate surface area is 172 Å². The molecule has 0 bridgehead atoms. The van der Waals surface area contributed by atoms with Crippen LogP contribution < -0.4 is 10.0 Å². The van der Waals surface area contributed by atoms with Gasteiger partial charge in [0, 0.05) is 36.3 Å². The standard InChI is InChI=1S/C18H19ClN4O3S2/c1-12(24)21-11-15-7-8-16(27-15)28(25,26)22-17(18-20-9-10-23(18)2)13-3-5-14(19)6-4-13/h3-10,17,22H,11H2,1-2H3,(H,21,24)/t17-/m1/s1. The second-order valence-electron chi connectivity index (χ2n) is 6.13. The van der Waals surface area contributed by atoms with Gasteiger partial charge in [0.25, 0.3) is 10.0 Å². The predicted molar refractivity (Wildman–Crippen MR) is 109 cm³/mol. The Hall–Kier alpha value is -2.20. The fraction of sp³-hybridized carbons (Fsp3) is 0.222. The lowest BCUT2D eigenvalue weighted by molar-refractivity contribution is -0.119. The van der Waals surface area contributed by atoms with Crippen molar-refractivity contribution in [2.24, 2.45) is 7.05 Å². The minimum atomic E-state index is -3.81. The molecule has 0 spiro atoms. The molecule has 28 heavy (non-hydrogen) atoms. The Morgan fingerprint density at radius 1 is 1.25 bits per heavy atom. The quantitative estimate of drug-likeness (QED) is 0.593. The number of benzene rings is 1. The Morgan fingerprint density at radius 3 is 2.57 bits per heavy atom. The molecule has 0 fully saturated rings. The molecular weight excluding hydrogens is 420 g/mol. The van der Waals surface area contributed by atoms with E-state index in [2.05, 4.69) is 15.0 Å². The lowest BCUT2D eigenvalue weighted by Crippen LogP contribution is -2.30. The molecule has 10 heteroatoms. The van der Waals surface area contributed by atoms with E-state index in [9.17, 15) is 13.2 Å². The number of hydrogen-bond acceptors (Lipinski definition) is 5. The van der Waals surface area contributed by atoms with E-state index in [1.807, 2.05) is 0 Å². The number of nitrogens with one attached hydrogen (secondary N) is 2. The lowest BCUT2D eigenvalue weighted by Gasteiger charge is -2.19. The SMILES string of the molecule is CC(=O)NCc1ccc(S(=O)(=O)N[C@H](c2ccc(Cl)cc2)c2nccn2C)s1. The van der Waals surface area contributed by atoms with Gasteiger partial charge < -0.3 is 9.88 Å². The molecule has 0 unspecified atom stereocenters. The third-order valence-corrected chi connectivity index (χ3v) is 7.26. The Kier molecular flexibility index (Phi) is 6.19. The van der Waals surface area contributed by atoms with Gasteiger partial charge in [0.05, 0.1) is 6.54 Å². The molecule has 0 saturated heterocycles. The molecule has 2 aromatic heterocycles. The number of aromatic nitrogens is 2. The van der Waals surface area contributed by atoms with Crippen molar-refractivity contribution in [1.29, 1.82) is 0 Å². The molecule has 0 aliphatic carbocycles. The molecule has 2 heterocycles. The van der Waals surface area contributed by atoms with Gasteiger partial charge in [0.1, 0.15) is 16.1 Å². The zero-order valence-corrected chi connectivity index (χ0v) is 17.6. The first-order valence-electron chi connectivity index (χ1n) is 8.34. The van der Waals surface area contributed by atoms with Crippen LogP contribution in [0.4, 0.5) is 0 Å². The number of imidazole rings is 1. The maximum atomic E-state index is 13.0. The maximum Gasteiger partial charge on any atom is 0.251 e. The van der Waals surface area contributed by atoms with E-state index in [0.717, 1.165) is 21.8 Å². The molecule has 0 radical (unpaired) electrons. The highest BCUT2D eigenvalue weighted by Gasteiger charge is 2.26. The summed E-state index contributed by atoms with van der Waals surface area (Å²) in [4.78, 5) is 16.1. The van der Waals surface area contributed by atoms with Gasteiger partial charge in [-0.15, -0.1) is 11.3 Å². The molecule has 148 valence electrons. The first-order valence-corrected chi connectivity index (χ1v) is 11.0. The van der Waals surface area contributed by atoms with Crippen LogP contribution in [-0.2, 0) is 28.4 Å². The van der Waals surface area contributed by atoms with E-state index < -0.39 is 16.1 Å². The smallest absolute Gasteiger partial charge is 0.251 e. The van der Waals surface area contributed by atoms with E-state index in [-0.39, 0.29) is 16.7 Å².